The third-order valence-corrected chi connectivity index (χ3v) is 10.5. The van der Waals surface area contributed by atoms with E-state index in [0.29, 0.717) is 35.9 Å². The number of aliphatic hydroxyl groups excluding tert-OH is 1. The predicted octanol–water partition coefficient (Wildman–Crippen LogP) is 4.26. The van der Waals surface area contributed by atoms with Crippen molar-refractivity contribution in [3.8, 4) is 0 Å². The minimum atomic E-state index is -0.284. The molecule has 194 valence electrons. The molecule has 2 N–H and O–H groups in total. The summed E-state index contributed by atoms with van der Waals surface area (Å²) in [6.07, 6.45) is 13.7. The van der Waals surface area contributed by atoms with E-state index in [2.05, 4.69) is 42.5 Å². The van der Waals surface area contributed by atoms with Crippen molar-refractivity contribution in [2.45, 2.75) is 104 Å². The van der Waals surface area contributed by atoms with Gasteiger partial charge in [-0.25, -0.2) is 4.68 Å². The number of nitrogens with zero attached hydrogens (tertiary/aromatic N) is 3. The minimum absolute atomic E-state index is 0.107. The topological polar surface area (TPSA) is 89.3 Å². The van der Waals surface area contributed by atoms with Crippen LogP contribution in [-0.4, -0.2) is 44.8 Å². The molecule has 0 amide bonds. The zero-order valence-electron chi connectivity index (χ0n) is 22.0. The monoisotopic (exact) mass is 484 g/mol. The number of carbonyl (C=O) groups excluding carboxylic acids is 1. The number of rotatable bonds is 7. The molecule has 35 heavy (non-hydrogen) atoms. The van der Waals surface area contributed by atoms with Gasteiger partial charge in [-0.05, 0) is 99.7 Å². The first-order valence-electron chi connectivity index (χ1n) is 13.9. The first-order valence-corrected chi connectivity index (χ1v) is 13.9. The summed E-state index contributed by atoms with van der Waals surface area (Å²) in [6, 6.07) is 0.409. The Morgan fingerprint density at radius 3 is 2.89 bits per heavy atom. The summed E-state index contributed by atoms with van der Waals surface area (Å²) in [5, 5.41) is 22.3. The minimum Gasteiger partial charge on any atom is -0.465 e. The molecule has 4 aliphatic carbocycles. The maximum absolute atomic E-state index is 11.7. The molecule has 5 rings (SSSR count). The highest BCUT2D eigenvalue weighted by atomic mass is 16.5. The largest absolute Gasteiger partial charge is 0.465 e. The number of aliphatic hydroxyl groups is 1. The van der Waals surface area contributed by atoms with E-state index >= 15 is 0 Å². The van der Waals surface area contributed by atoms with Crippen LogP contribution in [0.25, 0.3) is 0 Å². The summed E-state index contributed by atoms with van der Waals surface area (Å²) in [5.74, 6) is 2.74. The highest BCUT2D eigenvalue weighted by molar-refractivity contribution is 5.68. The van der Waals surface area contributed by atoms with Crippen molar-refractivity contribution in [1.82, 2.24) is 20.3 Å². The Balaban J connectivity index is 1.22. The van der Waals surface area contributed by atoms with Crippen molar-refractivity contribution >= 4 is 5.97 Å². The van der Waals surface area contributed by atoms with Gasteiger partial charge < -0.3 is 15.2 Å². The van der Waals surface area contributed by atoms with Crippen LogP contribution in [0.15, 0.2) is 17.8 Å². The van der Waals surface area contributed by atoms with Crippen LogP contribution >= 0.6 is 0 Å². The van der Waals surface area contributed by atoms with E-state index < -0.39 is 0 Å². The third kappa shape index (κ3) is 4.48. The van der Waals surface area contributed by atoms with E-state index in [1.807, 2.05) is 6.20 Å². The summed E-state index contributed by atoms with van der Waals surface area (Å²) in [5.41, 5.74) is 3.11. The standard InChI is InChI=1S/C28H44N4O3/c1-5-35-26(34)17-32-16-20(30-31-32)15-29-18(2)23-8-9-24-22-7-6-19-14-21(33)10-12-27(19,3)25(22)11-13-28(23,24)4/h6,16,18,21-25,29,33H,5,7-15,17H2,1-4H3/t18-,21+,22+,23-,24+,25+,27+,28-/m1/s1. The average molecular weight is 485 g/mol. The summed E-state index contributed by atoms with van der Waals surface area (Å²) in [6.45, 7) is 10.4. The Morgan fingerprint density at radius 1 is 1.26 bits per heavy atom. The number of fused-ring (bicyclic) bond motifs is 5. The number of hydrogen-bond donors (Lipinski definition) is 2. The molecular formula is C28H44N4O3. The van der Waals surface area contributed by atoms with Gasteiger partial charge in [0.15, 0.2) is 0 Å². The van der Waals surface area contributed by atoms with Crippen molar-refractivity contribution in [1.29, 1.82) is 0 Å². The van der Waals surface area contributed by atoms with Gasteiger partial charge in [0.05, 0.1) is 24.6 Å². The number of carbonyl (C=O) groups is 1. The summed E-state index contributed by atoms with van der Waals surface area (Å²) in [7, 11) is 0. The second kappa shape index (κ2) is 9.62. The second-order valence-electron chi connectivity index (χ2n) is 12.3. The van der Waals surface area contributed by atoms with Crippen LogP contribution < -0.4 is 5.32 Å². The van der Waals surface area contributed by atoms with Crippen molar-refractivity contribution in [2.75, 3.05) is 6.61 Å². The zero-order valence-corrected chi connectivity index (χ0v) is 22.0. The van der Waals surface area contributed by atoms with Crippen LogP contribution in [0, 0.1) is 34.5 Å². The Morgan fingerprint density at radius 2 is 2.09 bits per heavy atom. The van der Waals surface area contributed by atoms with Crippen molar-refractivity contribution < 1.29 is 14.6 Å². The highest BCUT2D eigenvalue weighted by Crippen LogP contribution is 2.66. The van der Waals surface area contributed by atoms with Gasteiger partial charge in [-0.1, -0.05) is 30.7 Å². The van der Waals surface area contributed by atoms with Gasteiger partial charge in [0.25, 0.3) is 0 Å². The first kappa shape index (κ1) is 24.9. The van der Waals surface area contributed by atoms with E-state index in [1.165, 1.54) is 32.1 Å². The van der Waals surface area contributed by atoms with Gasteiger partial charge >= 0.3 is 5.97 Å². The molecule has 0 saturated heterocycles. The van der Waals surface area contributed by atoms with Crippen molar-refractivity contribution in [2.24, 2.45) is 34.5 Å². The lowest BCUT2D eigenvalue weighted by atomic mass is 9.47. The molecule has 3 saturated carbocycles. The van der Waals surface area contributed by atoms with Crippen LogP contribution in [0.2, 0.25) is 0 Å². The molecule has 7 nitrogen and oxygen atoms in total. The molecule has 4 aliphatic rings. The Hall–Kier alpha value is -1.73. The van der Waals surface area contributed by atoms with Gasteiger partial charge in [-0.15, -0.1) is 5.10 Å². The lowest BCUT2D eigenvalue weighted by Crippen LogP contribution is -2.52. The lowest BCUT2D eigenvalue weighted by Gasteiger charge is -2.58. The Bertz CT molecular complexity index is 960. The lowest BCUT2D eigenvalue weighted by molar-refractivity contribution is -0.144. The van der Waals surface area contributed by atoms with E-state index in [9.17, 15) is 9.90 Å². The molecule has 7 heteroatoms. The number of ether oxygens (including phenoxy) is 1. The van der Waals surface area contributed by atoms with Gasteiger partial charge in [-0.2, -0.15) is 0 Å². The van der Waals surface area contributed by atoms with Crippen molar-refractivity contribution in [3.63, 3.8) is 0 Å². The van der Waals surface area contributed by atoms with E-state index in [-0.39, 0.29) is 18.6 Å². The molecule has 0 aromatic carbocycles. The van der Waals surface area contributed by atoms with Crippen LogP contribution in [0.4, 0.5) is 0 Å². The van der Waals surface area contributed by atoms with Crippen LogP contribution in [-0.2, 0) is 22.6 Å². The third-order valence-electron chi connectivity index (χ3n) is 10.5. The van der Waals surface area contributed by atoms with E-state index in [0.717, 1.165) is 42.7 Å². The molecule has 0 bridgehead atoms. The Labute approximate surface area is 210 Å². The molecule has 0 aliphatic heterocycles. The number of hydrogen-bond acceptors (Lipinski definition) is 6. The van der Waals surface area contributed by atoms with Gasteiger partial charge in [0.2, 0.25) is 0 Å². The molecule has 0 spiro atoms. The molecule has 3 fully saturated rings. The molecule has 1 heterocycles. The highest BCUT2D eigenvalue weighted by Gasteiger charge is 2.59. The fourth-order valence-electron chi connectivity index (χ4n) is 8.75. The fraction of sp³-hybridized carbons (Fsp3) is 0.821. The summed E-state index contributed by atoms with van der Waals surface area (Å²) in [4.78, 5) is 11.7. The predicted molar refractivity (Wildman–Crippen MR) is 134 cm³/mol. The first-order chi connectivity index (χ1) is 16.7. The van der Waals surface area contributed by atoms with Crippen LogP contribution in [0.1, 0.15) is 84.8 Å². The average Bonchev–Trinajstić information content (AvgIpc) is 3.41. The van der Waals surface area contributed by atoms with Gasteiger partial charge in [0.1, 0.15) is 6.54 Å². The molecular weight excluding hydrogens is 440 g/mol. The van der Waals surface area contributed by atoms with E-state index in [1.54, 1.807) is 17.2 Å². The van der Waals surface area contributed by atoms with Gasteiger partial charge in [0, 0.05) is 12.6 Å². The second-order valence-corrected chi connectivity index (χ2v) is 12.3. The van der Waals surface area contributed by atoms with E-state index in [4.69, 9.17) is 4.74 Å². The smallest absolute Gasteiger partial charge is 0.327 e. The molecule has 1 aromatic heterocycles. The zero-order chi connectivity index (χ0) is 24.8. The normalized spacial score (nSPS) is 39.2. The Kier molecular flexibility index (Phi) is 6.86. The maximum Gasteiger partial charge on any atom is 0.327 e. The SMILES string of the molecule is CCOC(=O)Cn1cc(CN[C@H](C)[C@H]2CC[C@H]3[C@@H]4CC=C5C[C@@H](O)CC[C@]5(C)[C@H]4CC[C@]23C)nn1. The van der Waals surface area contributed by atoms with Crippen LogP contribution in [0.3, 0.4) is 0 Å². The number of allylic oxidation sites excluding steroid dienone is 1. The quantitative estimate of drug-likeness (QED) is 0.444. The molecule has 8 atom stereocenters. The summed E-state index contributed by atoms with van der Waals surface area (Å²) >= 11 is 0. The fourth-order valence-corrected chi connectivity index (χ4v) is 8.75. The molecule has 0 unspecified atom stereocenters. The number of aromatic nitrogens is 3. The molecule has 1 aromatic rings. The van der Waals surface area contributed by atoms with Gasteiger partial charge in [-0.3, -0.25) is 4.79 Å². The number of esters is 1. The summed E-state index contributed by atoms with van der Waals surface area (Å²) < 4.78 is 6.56. The van der Waals surface area contributed by atoms with Crippen molar-refractivity contribution in [3.05, 3.63) is 23.5 Å². The maximum atomic E-state index is 11.7. The molecule has 0 radical (unpaired) electrons. The van der Waals surface area contributed by atoms with Crippen LogP contribution in [0.5, 0.6) is 0 Å². The number of nitrogens with one attached hydrogen (secondary N) is 1.